The second-order valence-corrected chi connectivity index (χ2v) is 6.38. The minimum atomic E-state index is -0.0955. The molecule has 1 aromatic rings. The Labute approximate surface area is 128 Å². The van der Waals surface area contributed by atoms with Crippen LogP contribution in [0.15, 0.2) is 18.2 Å². The van der Waals surface area contributed by atoms with Crippen molar-refractivity contribution in [1.29, 1.82) is 0 Å². The van der Waals surface area contributed by atoms with Crippen molar-refractivity contribution in [2.75, 3.05) is 25.0 Å². The molecule has 0 saturated heterocycles. The molecule has 1 atom stereocenters. The van der Waals surface area contributed by atoms with Crippen LogP contribution in [0.4, 0.5) is 10.1 Å². The van der Waals surface area contributed by atoms with Gasteiger partial charge in [0.05, 0.1) is 0 Å². The normalized spacial score (nSPS) is 17.1. The van der Waals surface area contributed by atoms with E-state index in [9.17, 15) is 4.39 Å². The molecule has 0 bridgehead atoms. The minimum absolute atomic E-state index is 0.0483. The number of nitrogens with one attached hydrogen (secondary N) is 1. The van der Waals surface area contributed by atoms with Gasteiger partial charge in [-0.05, 0) is 50.8 Å². The predicted octanol–water partition coefficient (Wildman–Crippen LogP) is 4.51. The highest BCUT2D eigenvalue weighted by Crippen LogP contribution is 2.31. The summed E-state index contributed by atoms with van der Waals surface area (Å²) in [5, 5.41) is 3.41. The molecule has 1 aliphatic rings. The largest absolute Gasteiger partial charge is 0.374 e. The van der Waals surface area contributed by atoms with Gasteiger partial charge < -0.3 is 10.2 Å². The quantitative estimate of drug-likeness (QED) is 0.795. The lowest BCUT2D eigenvalue weighted by Crippen LogP contribution is -2.28. The number of nitrogens with zero attached hydrogens (tertiary/aromatic N) is 1. The first-order valence-corrected chi connectivity index (χ1v) is 8.36. The summed E-state index contributed by atoms with van der Waals surface area (Å²) < 4.78 is 14.3. The average molecular weight is 292 g/mol. The first kappa shape index (κ1) is 16.3. The smallest absolute Gasteiger partial charge is 0.130 e. The van der Waals surface area contributed by atoms with Crippen LogP contribution < -0.4 is 10.2 Å². The third-order valence-corrected chi connectivity index (χ3v) is 4.58. The van der Waals surface area contributed by atoms with Crippen LogP contribution >= 0.6 is 0 Å². The molecule has 3 heteroatoms. The van der Waals surface area contributed by atoms with Gasteiger partial charge in [-0.15, -0.1) is 0 Å². The van der Waals surface area contributed by atoms with Gasteiger partial charge in [0.2, 0.25) is 0 Å². The highest BCUT2D eigenvalue weighted by atomic mass is 19.1. The van der Waals surface area contributed by atoms with Crippen LogP contribution in [0.5, 0.6) is 0 Å². The number of halogens is 1. The molecule has 0 amide bonds. The zero-order chi connectivity index (χ0) is 15.2. The van der Waals surface area contributed by atoms with Crippen LogP contribution in [-0.4, -0.2) is 20.1 Å². The molecule has 1 unspecified atom stereocenters. The molecule has 1 N–H and O–H groups in total. The Morgan fingerprint density at radius 2 is 2.05 bits per heavy atom. The monoisotopic (exact) mass is 292 g/mol. The van der Waals surface area contributed by atoms with Gasteiger partial charge in [-0.3, -0.25) is 0 Å². The van der Waals surface area contributed by atoms with Crippen LogP contribution in [-0.2, 0) is 0 Å². The summed E-state index contributed by atoms with van der Waals surface area (Å²) in [5.74, 6) is 0.673. The van der Waals surface area contributed by atoms with E-state index in [0.29, 0.717) is 0 Å². The first-order chi connectivity index (χ1) is 10.1. The maximum Gasteiger partial charge on any atom is 0.130 e. The zero-order valence-electron chi connectivity index (χ0n) is 13.7. The maximum atomic E-state index is 14.3. The fourth-order valence-corrected chi connectivity index (χ4v) is 3.43. The topological polar surface area (TPSA) is 15.3 Å². The van der Waals surface area contributed by atoms with Crippen LogP contribution in [0.1, 0.15) is 57.6 Å². The molecule has 2 nitrogen and oxygen atoms in total. The molecule has 1 fully saturated rings. The molecule has 2 rings (SSSR count). The molecule has 118 valence electrons. The molecular weight excluding hydrogens is 263 g/mol. The van der Waals surface area contributed by atoms with Crippen molar-refractivity contribution < 1.29 is 4.39 Å². The number of hydrogen-bond donors (Lipinski definition) is 1. The Balaban J connectivity index is 2.15. The van der Waals surface area contributed by atoms with Gasteiger partial charge in [0, 0.05) is 30.9 Å². The molecule has 1 aliphatic carbocycles. The van der Waals surface area contributed by atoms with Crippen molar-refractivity contribution >= 4 is 5.69 Å². The van der Waals surface area contributed by atoms with E-state index in [0.717, 1.165) is 36.7 Å². The Kier molecular flexibility index (Phi) is 6.04. The second-order valence-electron chi connectivity index (χ2n) is 6.38. The van der Waals surface area contributed by atoms with Gasteiger partial charge >= 0.3 is 0 Å². The van der Waals surface area contributed by atoms with E-state index >= 15 is 0 Å². The Morgan fingerprint density at radius 1 is 1.33 bits per heavy atom. The molecule has 0 aliphatic heterocycles. The summed E-state index contributed by atoms with van der Waals surface area (Å²) in [6.45, 7) is 6.15. The molecule has 1 aromatic carbocycles. The maximum absolute atomic E-state index is 14.3. The molecule has 1 saturated carbocycles. The Hall–Kier alpha value is -1.09. The van der Waals surface area contributed by atoms with Gasteiger partial charge in [0.1, 0.15) is 5.82 Å². The Bertz CT molecular complexity index is 441. The summed E-state index contributed by atoms with van der Waals surface area (Å²) in [7, 11) is 2.10. The third kappa shape index (κ3) is 4.19. The summed E-state index contributed by atoms with van der Waals surface area (Å²) in [5.41, 5.74) is 1.85. The van der Waals surface area contributed by atoms with Gasteiger partial charge in [-0.1, -0.05) is 25.8 Å². The van der Waals surface area contributed by atoms with Crippen LogP contribution in [0.25, 0.3) is 0 Å². The van der Waals surface area contributed by atoms with E-state index in [-0.39, 0.29) is 11.9 Å². The minimum Gasteiger partial charge on any atom is -0.374 e. The summed E-state index contributed by atoms with van der Waals surface area (Å²) >= 11 is 0. The number of anilines is 1. The predicted molar refractivity (Wildman–Crippen MR) is 88.3 cm³/mol. The van der Waals surface area contributed by atoms with Crippen molar-refractivity contribution in [3.05, 3.63) is 29.6 Å². The standard InChI is InChI=1S/C18H29FN2/c1-4-12-20-14(2)18-16(19)10-7-11-17(18)21(3)13-15-8-5-6-9-15/h7,10-11,14-15,20H,4-6,8-9,12-13H2,1-3H3. The average Bonchev–Trinajstić information content (AvgIpc) is 2.97. The lowest BCUT2D eigenvalue weighted by molar-refractivity contribution is 0.518. The van der Waals surface area contributed by atoms with Crippen molar-refractivity contribution in [3.63, 3.8) is 0 Å². The van der Waals surface area contributed by atoms with Gasteiger partial charge in [0.15, 0.2) is 0 Å². The lowest BCUT2D eigenvalue weighted by Gasteiger charge is -2.28. The van der Waals surface area contributed by atoms with Crippen LogP contribution in [0.3, 0.4) is 0 Å². The van der Waals surface area contributed by atoms with Gasteiger partial charge in [0.25, 0.3) is 0 Å². The van der Waals surface area contributed by atoms with Crippen molar-refractivity contribution in [2.24, 2.45) is 5.92 Å². The summed E-state index contributed by atoms with van der Waals surface area (Å²) in [4.78, 5) is 2.25. The number of hydrogen-bond acceptors (Lipinski definition) is 2. The van der Waals surface area contributed by atoms with E-state index in [4.69, 9.17) is 0 Å². The molecule has 0 spiro atoms. The fourth-order valence-electron chi connectivity index (χ4n) is 3.43. The van der Waals surface area contributed by atoms with Crippen LogP contribution in [0, 0.1) is 11.7 Å². The van der Waals surface area contributed by atoms with E-state index < -0.39 is 0 Å². The van der Waals surface area contributed by atoms with Crippen LogP contribution in [0.2, 0.25) is 0 Å². The summed E-state index contributed by atoms with van der Waals surface area (Å²) in [6, 6.07) is 5.50. The third-order valence-electron chi connectivity index (χ3n) is 4.58. The fraction of sp³-hybridized carbons (Fsp3) is 0.667. The van der Waals surface area contributed by atoms with E-state index in [1.54, 1.807) is 6.07 Å². The highest BCUT2D eigenvalue weighted by Gasteiger charge is 2.21. The SMILES string of the molecule is CCCNC(C)c1c(F)cccc1N(C)CC1CCCC1. The van der Waals surface area contributed by atoms with Crippen molar-refractivity contribution in [3.8, 4) is 0 Å². The number of rotatable bonds is 7. The van der Waals surface area contributed by atoms with Gasteiger partial charge in [-0.2, -0.15) is 0 Å². The molecule has 0 heterocycles. The number of benzene rings is 1. The molecule has 0 radical (unpaired) electrons. The highest BCUT2D eigenvalue weighted by molar-refractivity contribution is 5.55. The molecular formula is C18H29FN2. The zero-order valence-corrected chi connectivity index (χ0v) is 13.7. The molecule has 0 aromatic heterocycles. The second kappa shape index (κ2) is 7.79. The Morgan fingerprint density at radius 3 is 2.71 bits per heavy atom. The summed E-state index contributed by atoms with van der Waals surface area (Å²) in [6.07, 6.45) is 6.40. The lowest BCUT2D eigenvalue weighted by atomic mass is 10.0. The van der Waals surface area contributed by atoms with Gasteiger partial charge in [-0.25, -0.2) is 4.39 Å². The van der Waals surface area contributed by atoms with E-state index in [1.165, 1.54) is 25.7 Å². The molecule has 21 heavy (non-hydrogen) atoms. The van der Waals surface area contributed by atoms with E-state index in [1.807, 2.05) is 6.07 Å². The van der Waals surface area contributed by atoms with Crippen molar-refractivity contribution in [2.45, 2.75) is 52.0 Å². The van der Waals surface area contributed by atoms with E-state index in [2.05, 4.69) is 37.2 Å². The first-order valence-electron chi connectivity index (χ1n) is 8.36. The van der Waals surface area contributed by atoms with Crippen molar-refractivity contribution in [1.82, 2.24) is 5.32 Å².